The summed E-state index contributed by atoms with van der Waals surface area (Å²) in [5.41, 5.74) is 2.04. The van der Waals surface area contributed by atoms with Gasteiger partial charge < -0.3 is 9.64 Å². The number of halogens is 1. The van der Waals surface area contributed by atoms with Gasteiger partial charge in [0.1, 0.15) is 0 Å². The predicted octanol–water partition coefficient (Wildman–Crippen LogP) is 3.15. The molecule has 92 valence electrons. The maximum atomic E-state index is 12.0. The minimum atomic E-state index is -0.365. The number of anilines is 1. The molecule has 0 N–H and O–H groups in total. The van der Waals surface area contributed by atoms with E-state index < -0.39 is 0 Å². The van der Waals surface area contributed by atoms with Gasteiger partial charge in [0.2, 0.25) is 0 Å². The fourth-order valence-electron chi connectivity index (χ4n) is 1.99. The maximum absolute atomic E-state index is 12.0. The molecule has 1 amide bonds. The van der Waals surface area contributed by atoms with Crippen molar-refractivity contribution in [1.82, 2.24) is 0 Å². The van der Waals surface area contributed by atoms with Crippen LogP contribution in [0.15, 0.2) is 16.6 Å². The summed E-state index contributed by atoms with van der Waals surface area (Å²) in [4.78, 5) is 13.7. The molecule has 3 nitrogen and oxygen atoms in total. The topological polar surface area (TPSA) is 29.5 Å². The van der Waals surface area contributed by atoms with Crippen LogP contribution in [-0.2, 0) is 11.2 Å². The van der Waals surface area contributed by atoms with Crippen LogP contribution in [-0.4, -0.2) is 19.1 Å². The lowest BCUT2D eigenvalue weighted by molar-refractivity contribution is -0.126. The molecule has 1 atom stereocenters. The lowest BCUT2D eigenvalue weighted by Gasteiger charge is -2.32. The number of aryl methyl sites for hydroxylation is 1. The highest BCUT2D eigenvalue weighted by molar-refractivity contribution is 9.10. The first-order valence-corrected chi connectivity index (χ1v) is 6.64. The van der Waals surface area contributed by atoms with Gasteiger partial charge in [-0.2, -0.15) is 0 Å². The number of fused-ring (bicyclic) bond motifs is 1. The van der Waals surface area contributed by atoms with Crippen LogP contribution in [0.2, 0.25) is 0 Å². The zero-order chi connectivity index (χ0) is 12.6. The van der Waals surface area contributed by atoms with Gasteiger partial charge in [-0.05, 0) is 46.5 Å². The second-order valence-electron chi connectivity index (χ2n) is 4.19. The van der Waals surface area contributed by atoms with Gasteiger partial charge in [-0.3, -0.25) is 4.79 Å². The number of amides is 1. The second kappa shape index (κ2) is 4.69. The van der Waals surface area contributed by atoms with E-state index in [1.165, 1.54) is 5.56 Å². The van der Waals surface area contributed by atoms with E-state index in [0.717, 1.165) is 22.3 Å². The molecular weight excluding hydrogens is 282 g/mol. The van der Waals surface area contributed by atoms with Crippen molar-refractivity contribution >= 4 is 27.5 Å². The fourth-order valence-corrected chi connectivity index (χ4v) is 2.58. The zero-order valence-corrected chi connectivity index (χ0v) is 11.9. The molecule has 1 aromatic rings. The Hall–Kier alpha value is -1.03. The first-order valence-electron chi connectivity index (χ1n) is 5.85. The number of likely N-dealkylation sites (N-methyl/N-ethyl adjacent to an activating group) is 1. The summed E-state index contributed by atoms with van der Waals surface area (Å²) in [5.74, 6) is 0.802. The van der Waals surface area contributed by atoms with Gasteiger partial charge in [-0.1, -0.05) is 13.8 Å². The van der Waals surface area contributed by atoms with Crippen LogP contribution in [0.1, 0.15) is 25.8 Å². The summed E-state index contributed by atoms with van der Waals surface area (Å²) in [6.07, 6.45) is 1.26. The van der Waals surface area contributed by atoms with Crippen molar-refractivity contribution in [2.75, 3.05) is 11.9 Å². The molecule has 0 saturated heterocycles. The number of nitrogens with zero attached hydrogens (tertiary/aromatic N) is 1. The Morgan fingerprint density at radius 1 is 1.41 bits per heavy atom. The number of hydrogen-bond acceptors (Lipinski definition) is 2. The molecule has 1 aliphatic rings. The largest absolute Gasteiger partial charge is 0.477 e. The van der Waals surface area contributed by atoms with Crippen LogP contribution in [0.4, 0.5) is 5.69 Å². The maximum Gasteiger partial charge on any atom is 0.267 e. The minimum Gasteiger partial charge on any atom is -0.477 e. The van der Waals surface area contributed by atoms with E-state index in [0.29, 0.717) is 6.42 Å². The number of hydrogen-bond donors (Lipinski definition) is 0. The Morgan fingerprint density at radius 3 is 2.71 bits per heavy atom. The third kappa shape index (κ3) is 2.06. The number of carbonyl (C=O) groups is 1. The summed E-state index contributed by atoms with van der Waals surface area (Å²) in [5, 5.41) is 0. The average molecular weight is 298 g/mol. The highest BCUT2D eigenvalue weighted by atomic mass is 79.9. The molecule has 0 bridgehead atoms. The fraction of sp³-hybridized carbons (Fsp3) is 0.462. The van der Waals surface area contributed by atoms with Crippen molar-refractivity contribution in [3.8, 4) is 5.75 Å². The molecule has 1 aromatic carbocycles. The lowest BCUT2D eigenvalue weighted by Crippen LogP contribution is -2.43. The van der Waals surface area contributed by atoms with E-state index in [2.05, 4.69) is 28.9 Å². The van der Waals surface area contributed by atoms with Crippen LogP contribution in [0, 0.1) is 0 Å². The highest BCUT2D eigenvalue weighted by Gasteiger charge is 2.32. The number of rotatable bonds is 2. The molecule has 0 fully saturated rings. The van der Waals surface area contributed by atoms with Gasteiger partial charge in [-0.25, -0.2) is 0 Å². The summed E-state index contributed by atoms with van der Waals surface area (Å²) in [6, 6.07) is 4.07. The number of carbonyl (C=O) groups excluding carboxylic acids is 1. The van der Waals surface area contributed by atoms with E-state index >= 15 is 0 Å². The summed E-state index contributed by atoms with van der Waals surface area (Å²) < 4.78 is 6.68. The monoisotopic (exact) mass is 297 g/mol. The van der Waals surface area contributed by atoms with E-state index in [4.69, 9.17) is 4.74 Å². The molecule has 0 spiro atoms. The number of ether oxygens (including phenoxy) is 1. The number of benzene rings is 1. The molecule has 1 unspecified atom stereocenters. The molecule has 2 rings (SSSR count). The lowest BCUT2D eigenvalue weighted by atomic mass is 10.1. The molecule has 4 heteroatoms. The van der Waals surface area contributed by atoms with Crippen molar-refractivity contribution in [2.24, 2.45) is 0 Å². The predicted molar refractivity (Wildman–Crippen MR) is 71.6 cm³/mol. The van der Waals surface area contributed by atoms with Crippen molar-refractivity contribution in [2.45, 2.75) is 32.8 Å². The quantitative estimate of drug-likeness (QED) is 0.839. The SMILES string of the molecule is CCc1cc(Br)c2c(c1)N(C)C(=O)C(CC)O2. The van der Waals surface area contributed by atoms with Crippen LogP contribution in [0.3, 0.4) is 0 Å². The Bertz CT molecular complexity index is 459. The third-order valence-corrected chi connectivity index (χ3v) is 3.68. The molecule has 0 aliphatic carbocycles. The van der Waals surface area contributed by atoms with Gasteiger partial charge >= 0.3 is 0 Å². The van der Waals surface area contributed by atoms with Gasteiger partial charge in [0.15, 0.2) is 11.9 Å². The Kier molecular flexibility index (Phi) is 3.43. The van der Waals surface area contributed by atoms with Gasteiger partial charge in [0, 0.05) is 7.05 Å². The van der Waals surface area contributed by atoms with Crippen molar-refractivity contribution in [1.29, 1.82) is 0 Å². The Labute approximate surface area is 110 Å². The van der Waals surface area contributed by atoms with Crippen LogP contribution < -0.4 is 9.64 Å². The van der Waals surface area contributed by atoms with E-state index in [9.17, 15) is 4.79 Å². The second-order valence-corrected chi connectivity index (χ2v) is 5.05. The molecule has 17 heavy (non-hydrogen) atoms. The average Bonchev–Trinajstić information content (AvgIpc) is 2.34. The standard InChI is InChI=1S/C13H16BrNO2/c1-4-8-6-9(14)12-10(7-8)15(3)13(16)11(5-2)17-12/h6-7,11H,4-5H2,1-3H3. The van der Waals surface area contributed by atoms with Gasteiger partial charge in [0.25, 0.3) is 5.91 Å². The minimum absolute atomic E-state index is 0.0279. The first kappa shape index (κ1) is 12.4. The summed E-state index contributed by atoms with van der Waals surface area (Å²) >= 11 is 3.51. The molecular formula is C13H16BrNO2. The Morgan fingerprint density at radius 2 is 2.12 bits per heavy atom. The van der Waals surface area contributed by atoms with Crippen molar-refractivity contribution in [3.63, 3.8) is 0 Å². The third-order valence-electron chi connectivity index (χ3n) is 3.09. The summed E-state index contributed by atoms with van der Waals surface area (Å²) in [7, 11) is 1.80. The van der Waals surface area contributed by atoms with Gasteiger partial charge in [0.05, 0.1) is 10.2 Å². The zero-order valence-electron chi connectivity index (χ0n) is 10.3. The molecule has 1 aliphatic heterocycles. The Balaban J connectivity index is 2.52. The van der Waals surface area contributed by atoms with E-state index in [1.54, 1.807) is 11.9 Å². The van der Waals surface area contributed by atoms with Crippen LogP contribution >= 0.6 is 15.9 Å². The molecule has 0 radical (unpaired) electrons. The molecule has 0 aromatic heterocycles. The van der Waals surface area contributed by atoms with Crippen LogP contribution in [0.5, 0.6) is 5.75 Å². The highest BCUT2D eigenvalue weighted by Crippen LogP contribution is 2.41. The van der Waals surface area contributed by atoms with Crippen LogP contribution in [0.25, 0.3) is 0 Å². The molecule has 1 heterocycles. The normalized spacial score (nSPS) is 18.9. The summed E-state index contributed by atoms with van der Waals surface area (Å²) in [6.45, 7) is 4.05. The first-order chi connectivity index (χ1) is 8.08. The van der Waals surface area contributed by atoms with E-state index in [-0.39, 0.29) is 12.0 Å². The smallest absolute Gasteiger partial charge is 0.267 e. The van der Waals surface area contributed by atoms with Crippen molar-refractivity contribution < 1.29 is 9.53 Å². The van der Waals surface area contributed by atoms with Crippen molar-refractivity contribution in [3.05, 3.63) is 22.2 Å². The van der Waals surface area contributed by atoms with E-state index in [1.807, 2.05) is 13.0 Å². The van der Waals surface area contributed by atoms with Gasteiger partial charge in [-0.15, -0.1) is 0 Å². The molecule has 0 saturated carbocycles.